The maximum Gasteiger partial charge on any atom is 0.306 e. The summed E-state index contributed by atoms with van der Waals surface area (Å²) in [5.41, 5.74) is 0. The minimum Gasteiger partial charge on any atom is -0.462 e. The monoisotopic (exact) mass is 1130 g/mol. The molecule has 0 N–H and O–H groups in total. The smallest absolute Gasteiger partial charge is 0.306 e. The standard InChI is InChI=1S/C75H136O6/c1-4-7-10-13-16-19-22-25-28-31-33-35-36-37-38-40-41-44-47-50-53-56-59-62-65-68-74(77)80-71-72(70-79-73(76)67-64-61-58-55-52-49-46-43-30-27-24-21-18-15-12-9-6-3)81-75(78)69-66-63-60-57-54-51-48-45-42-39-34-32-29-26-23-20-17-14-11-8-5-2/h9,12,18,21-22,25,27,30-31,33,72H,4-8,10-11,13-17,19-20,23-24,26,28-29,32,34-71H2,1-3H3/b12-9-,21-18-,25-22-,30-27-,33-31-. The highest BCUT2D eigenvalue weighted by Gasteiger charge is 2.19. The minimum atomic E-state index is -0.779. The highest BCUT2D eigenvalue weighted by Crippen LogP contribution is 2.18. The summed E-state index contributed by atoms with van der Waals surface area (Å²) in [5, 5.41) is 0. The summed E-state index contributed by atoms with van der Waals surface area (Å²) in [7, 11) is 0. The second kappa shape index (κ2) is 69.6. The van der Waals surface area contributed by atoms with E-state index in [1.807, 2.05) is 0 Å². The van der Waals surface area contributed by atoms with Crippen molar-refractivity contribution < 1.29 is 28.6 Å². The molecule has 0 spiro atoms. The average Bonchev–Trinajstić information content (AvgIpc) is 3.47. The zero-order chi connectivity index (χ0) is 58.5. The van der Waals surface area contributed by atoms with E-state index in [1.54, 1.807) is 0 Å². The minimum absolute atomic E-state index is 0.0737. The summed E-state index contributed by atoms with van der Waals surface area (Å²) in [5.74, 6) is -0.858. The molecule has 0 aromatic rings. The molecule has 6 heteroatoms. The first-order chi connectivity index (χ1) is 40.0. The van der Waals surface area contributed by atoms with Gasteiger partial charge < -0.3 is 14.2 Å². The van der Waals surface area contributed by atoms with Crippen molar-refractivity contribution in [3.8, 4) is 0 Å². The van der Waals surface area contributed by atoms with Crippen LogP contribution in [-0.4, -0.2) is 37.2 Å². The van der Waals surface area contributed by atoms with Gasteiger partial charge in [-0.15, -0.1) is 0 Å². The van der Waals surface area contributed by atoms with Gasteiger partial charge in [0.2, 0.25) is 0 Å². The summed E-state index contributed by atoms with van der Waals surface area (Å²) in [6.07, 6.45) is 89.6. The molecule has 81 heavy (non-hydrogen) atoms. The maximum absolute atomic E-state index is 13.0. The first kappa shape index (κ1) is 78.1. The van der Waals surface area contributed by atoms with E-state index < -0.39 is 6.10 Å². The predicted molar refractivity (Wildman–Crippen MR) is 353 cm³/mol. The van der Waals surface area contributed by atoms with Gasteiger partial charge in [-0.2, -0.15) is 0 Å². The topological polar surface area (TPSA) is 78.9 Å². The zero-order valence-electron chi connectivity index (χ0n) is 54.3. The molecule has 0 fully saturated rings. The van der Waals surface area contributed by atoms with Gasteiger partial charge in [-0.3, -0.25) is 14.4 Å². The van der Waals surface area contributed by atoms with Gasteiger partial charge in [0.15, 0.2) is 6.10 Å². The van der Waals surface area contributed by atoms with Crippen LogP contribution in [0.4, 0.5) is 0 Å². The van der Waals surface area contributed by atoms with Gasteiger partial charge in [-0.25, -0.2) is 0 Å². The Balaban J connectivity index is 4.31. The van der Waals surface area contributed by atoms with Gasteiger partial charge in [0.25, 0.3) is 0 Å². The molecule has 0 radical (unpaired) electrons. The molecule has 0 aliphatic rings. The van der Waals surface area contributed by atoms with Crippen molar-refractivity contribution in [3.05, 3.63) is 60.8 Å². The molecule has 0 aliphatic carbocycles. The lowest BCUT2D eigenvalue weighted by atomic mass is 10.0. The molecule has 0 amide bonds. The van der Waals surface area contributed by atoms with E-state index in [-0.39, 0.29) is 31.1 Å². The van der Waals surface area contributed by atoms with Crippen molar-refractivity contribution in [1.82, 2.24) is 0 Å². The molecule has 6 nitrogen and oxygen atoms in total. The van der Waals surface area contributed by atoms with E-state index in [1.165, 1.54) is 250 Å². The summed E-state index contributed by atoms with van der Waals surface area (Å²) in [4.78, 5) is 38.5. The maximum atomic E-state index is 13.0. The van der Waals surface area contributed by atoms with Gasteiger partial charge in [-0.1, -0.05) is 338 Å². The number of esters is 3. The first-order valence-corrected chi connectivity index (χ1v) is 35.8. The van der Waals surface area contributed by atoms with Crippen molar-refractivity contribution in [2.24, 2.45) is 0 Å². The highest BCUT2D eigenvalue weighted by atomic mass is 16.6. The lowest BCUT2D eigenvalue weighted by Crippen LogP contribution is -2.30. The Morgan fingerprint density at radius 1 is 0.259 bits per heavy atom. The Morgan fingerprint density at radius 2 is 0.481 bits per heavy atom. The molecule has 0 saturated carbocycles. The fraction of sp³-hybridized carbons (Fsp3) is 0.827. The molecule has 0 heterocycles. The van der Waals surface area contributed by atoms with Crippen LogP contribution in [0, 0.1) is 0 Å². The molecule has 472 valence electrons. The van der Waals surface area contributed by atoms with Gasteiger partial charge in [0, 0.05) is 19.3 Å². The molecular weight excluding hydrogens is 997 g/mol. The van der Waals surface area contributed by atoms with E-state index in [4.69, 9.17) is 14.2 Å². The number of hydrogen-bond donors (Lipinski definition) is 0. The molecule has 0 aliphatic heterocycles. The van der Waals surface area contributed by atoms with Crippen LogP contribution in [0.3, 0.4) is 0 Å². The third-order valence-corrected chi connectivity index (χ3v) is 16.0. The second-order valence-corrected chi connectivity index (χ2v) is 24.1. The molecule has 0 aromatic carbocycles. The average molecular weight is 1130 g/mol. The predicted octanol–water partition coefficient (Wildman–Crippen LogP) is 24.7. The fourth-order valence-corrected chi connectivity index (χ4v) is 10.7. The Labute approximate surface area is 504 Å². The molecule has 0 bridgehead atoms. The number of unbranched alkanes of at least 4 members (excludes halogenated alkanes) is 45. The summed E-state index contributed by atoms with van der Waals surface area (Å²) in [6.45, 7) is 6.58. The second-order valence-electron chi connectivity index (χ2n) is 24.1. The Hall–Kier alpha value is -2.89. The number of rotatable bonds is 66. The van der Waals surface area contributed by atoms with Crippen molar-refractivity contribution in [2.45, 2.75) is 386 Å². The molecule has 1 unspecified atom stereocenters. The fourth-order valence-electron chi connectivity index (χ4n) is 10.7. The number of ether oxygens (including phenoxy) is 3. The lowest BCUT2D eigenvalue weighted by Gasteiger charge is -2.18. The Kier molecular flexibility index (Phi) is 67.1. The van der Waals surface area contributed by atoms with E-state index >= 15 is 0 Å². The zero-order valence-corrected chi connectivity index (χ0v) is 54.3. The van der Waals surface area contributed by atoms with Crippen LogP contribution < -0.4 is 0 Å². The quantitative estimate of drug-likeness (QED) is 0.0261. The van der Waals surface area contributed by atoms with Crippen LogP contribution in [-0.2, 0) is 28.6 Å². The van der Waals surface area contributed by atoms with Crippen molar-refractivity contribution >= 4 is 17.9 Å². The number of carbonyl (C=O) groups excluding carboxylic acids is 3. The highest BCUT2D eigenvalue weighted by molar-refractivity contribution is 5.71. The van der Waals surface area contributed by atoms with Crippen molar-refractivity contribution in [3.63, 3.8) is 0 Å². The van der Waals surface area contributed by atoms with Crippen molar-refractivity contribution in [1.29, 1.82) is 0 Å². The number of carbonyl (C=O) groups is 3. The van der Waals surface area contributed by atoms with Crippen LogP contribution in [0.15, 0.2) is 60.8 Å². The molecule has 0 aromatic heterocycles. The van der Waals surface area contributed by atoms with Crippen LogP contribution in [0.1, 0.15) is 380 Å². The van der Waals surface area contributed by atoms with Crippen LogP contribution in [0.5, 0.6) is 0 Å². The largest absolute Gasteiger partial charge is 0.462 e. The van der Waals surface area contributed by atoms with E-state index in [9.17, 15) is 14.4 Å². The third-order valence-electron chi connectivity index (χ3n) is 16.0. The van der Waals surface area contributed by atoms with Gasteiger partial charge in [-0.05, 0) is 83.5 Å². The van der Waals surface area contributed by atoms with Gasteiger partial charge in [0.1, 0.15) is 13.2 Å². The first-order valence-electron chi connectivity index (χ1n) is 35.8. The number of hydrogen-bond acceptors (Lipinski definition) is 6. The summed E-state index contributed by atoms with van der Waals surface area (Å²) < 4.78 is 17.0. The molecule has 1 atom stereocenters. The number of allylic oxidation sites excluding steroid dienone is 10. The van der Waals surface area contributed by atoms with Crippen LogP contribution in [0.2, 0.25) is 0 Å². The molecular formula is C75H136O6. The molecule has 0 rings (SSSR count). The molecule has 0 saturated heterocycles. The van der Waals surface area contributed by atoms with E-state index in [0.29, 0.717) is 19.3 Å². The summed E-state index contributed by atoms with van der Waals surface area (Å²) in [6, 6.07) is 0. The van der Waals surface area contributed by atoms with Gasteiger partial charge in [0.05, 0.1) is 0 Å². The third kappa shape index (κ3) is 67.8. The van der Waals surface area contributed by atoms with E-state index in [2.05, 4.69) is 81.5 Å². The Morgan fingerprint density at radius 3 is 0.753 bits per heavy atom. The van der Waals surface area contributed by atoms with Gasteiger partial charge >= 0.3 is 17.9 Å². The lowest BCUT2D eigenvalue weighted by molar-refractivity contribution is -0.167. The SMILES string of the molecule is CC/C=C\C/C=C\C/C=C\CCCCCCCCCC(=O)OCC(COC(=O)CCCCCCCCCCCCCCC/C=C\C/C=C\CCCCCCC)OC(=O)CCCCCCCCCCCCCCCCCCCCCCC. The summed E-state index contributed by atoms with van der Waals surface area (Å²) >= 11 is 0. The van der Waals surface area contributed by atoms with Crippen molar-refractivity contribution in [2.75, 3.05) is 13.2 Å². The Bertz CT molecular complexity index is 1440. The van der Waals surface area contributed by atoms with Crippen LogP contribution >= 0.6 is 0 Å². The van der Waals surface area contributed by atoms with Crippen LogP contribution in [0.25, 0.3) is 0 Å². The normalized spacial score (nSPS) is 12.4. The van der Waals surface area contributed by atoms with E-state index in [0.717, 1.165) is 89.9 Å².